The van der Waals surface area contributed by atoms with Gasteiger partial charge in [0.1, 0.15) is 5.71 Å². The van der Waals surface area contributed by atoms with Crippen LogP contribution in [0, 0.1) is 9.87 Å². The van der Waals surface area contributed by atoms with E-state index in [0.29, 0.717) is 16.4 Å². The van der Waals surface area contributed by atoms with Crippen molar-refractivity contribution in [2.75, 3.05) is 0 Å². The number of hydrogen-bond acceptors (Lipinski definition) is 5. The van der Waals surface area contributed by atoms with Crippen molar-refractivity contribution in [3.8, 4) is 5.88 Å². The molecule has 6 heteroatoms. The summed E-state index contributed by atoms with van der Waals surface area (Å²) in [5.74, 6) is 0.631. The number of rotatable bonds is 4. The standard InChI is InChI=1S/C17H17N3OS2/c1-11(2)10-20-16(21)14(23-17(20)22)8-13-9-18-19-15(13)12-6-4-3-5-7-12/h3-9,11,21H,10H2,1-2H3/b13-8+. The van der Waals surface area contributed by atoms with E-state index >= 15 is 0 Å². The normalized spacial score (nSPS) is 15.6. The Labute approximate surface area is 144 Å². The first-order valence-corrected chi connectivity index (χ1v) is 8.60. The molecule has 118 valence electrons. The molecule has 0 unspecified atom stereocenters. The lowest BCUT2D eigenvalue weighted by Gasteiger charge is -2.07. The first kappa shape index (κ1) is 15.8. The Morgan fingerprint density at radius 1 is 1.30 bits per heavy atom. The van der Waals surface area contributed by atoms with Crippen LogP contribution in [-0.4, -0.2) is 21.6 Å². The maximum absolute atomic E-state index is 10.5. The molecule has 1 aromatic heterocycles. The summed E-state index contributed by atoms with van der Waals surface area (Å²) in [6.45, 7) is 4.90. The molecule has 1 N–H and O–H groups in total. The third-order valence-electron chi connectivity index (χ3n) is 3.40. The fraction of sp³-hybridized carbons (Fsp3) is 0.235. The van der Waals surface area contributed by atoms with Crippen LogP contribution in [0.15, 0.2) is 46.1 Å². The number of aromatic hydroxyl groups is 1. The van der Waals surface area contributed by atoms with Crippen molar-refractivity contribution in [3.05, 3.63) is 50.3 Å². The van der Waals surface area contributed by atoms with Gasteiger partial charge in [0.05, 0.1) is 11.1 Å². The van der Waals surface area contributed by atoms with E-state index < -0.39 is 0 Å². The molecule has 0 radical (unpaired) electrons. The highest BCUT2D eigenvalue weighted by molar-refractivity contribution is 7.73. The number of nitrogens with zero attached hydrogens (tertiary/aromatic N) is 3. The minimum Gasteiger partial charge on any atom is -0.493 e. The zero-order valence-corrected chi connectivity index (χ0v) is 14.6. The van der Waals surface area contributed by atoms with Gasteiger partial charge in [-0.15, -0.1) is 16.4 Å². The highest BCUT2D eigenvalue weighted by Crippen LogP contribution is 2.30. The van der Waals surface area contributed by atoms with Gasteiger partial charge in [-0.2, -0.15) is 5.10 Å². The molecule has 1 aliphatic rings. The Hall–Kier alpha value is -2.05. The fourth-order valence-electron chi connectivity index (χ4n) is 2.37. The van der Waals surface area contributed by atoms with Crippen LogP contribution in [-0.2, 0) is 6.54 Å². The van der Waals surface area contributed by atoms with Crippen molar-refractivity contribution in [2.45, 2.75) is 20.4 Å². The number of aromatic nitrogens is 1. The first-order valence-electron chi connectivity index (χ1n) is 7.37. The maximum Gasteiger partial charge on any atom is 0.210 e. The number of benzene rings is 1. The van der Waals surface area contributed by atoms with E-state index in [-0.39, 0.29) is 5.88 Å². The van der Waals surface area contributed by atoms with Crippen molar-refractivity contribution < 1.29 is 5.11 Å². The second-order valence-corrected chi connectivity index (χ2v) is 7.39. The van der Waals surface area contributed by atoms with Gasteiger partial charge in [-0.1, -0.05) is 44.2 Å². The van der Waals surface area contributed by atoms with Crippen LogP contribution in [0.25, 0.3) is 6.08 Å². The quantitative estimate of drug-likeness (QED) is 0.830. The summed E-state index contributed by atoms with van der Waals surface area (Å²) >= 11 is 6.77. The lowest BCUT2D eigenvalue weighted by molar-refractivity contribution is 0.392. The fourth-order valence-corrected chi connectivity index (χ4v) is 3.65. The summed E-state index contributed by atoms with van der Waals surface area (Å²) in [7, 11) is 0. The summed E-state index contributed by atoms with van der Waals surface area (Å²) in [6, 6.07) is 9.88. The van der Waals surface area contributed by atoms with Gasteiger partial charge < -0.3 is 5.11 Å². The molecule has 1 aromatic carbocycles. The molecular formula is C17H17N3OS2. The van der Waals surface area contributed by atoms with Gasteiger partial charge in [-0.25, -0.2) is 0 Å². The molecule has 0 saturated carbocycles. The van der Waals surface area contributed by atoms with E-state index in [1.807, 2.05) is 36.4 Å². The molecule has 2 heterocycles. The summed E-state index contributed by atoms with van der Waals surface area (Å²) in [4.78, 5) is 0.739. The highest BCUT2D eigenvalue weighted by Gasteiger charge is 2.16. The van der Waals surface area contributed by atoms with E-state index in [1.165, 1.54) is 11.3 Å². The van der Waals surface area contributed by atoms with Crippen molar-refractivity contribution in [2.24, 2.45) is 16.1 Å². The first-order chi connectivity index (χ1) is 11.1. The van der Waals surface area contributed by atoms with E-state index in [2.05, 4.69) is 24.1 Å². The van der Waals surface area contributed by atoms with E-state index in [0.717, 1.165) is 21.7 Å². The van der Waals surface area contributed by atoms with Crippen molar-refractivity contribution in [1.29, 1.82) is 0 Å². The van der Waals surface area contributed by atoms with Crippen molar-refractivity contribution >= 4 is 41.6 Å². The molecular weight excluding hydrogens is 326 g/mol. The average Bonchev–Trinajstić information content (AvgIpc) is 3.09. The van der Waals surface area contributed by atoms with Crippen LogP contribution in [0.2, 0.25) is 0 Å². The van der Waals surface area contributed by atoms with Gasteiger partial charge in [0.25, 0.3) is 0 Å². The van der Waals surface area contributed by atoms with Gasteiger partial charge >= 0.3 is 0 Å². The van der Waals surface area contributed by atoms with Gasteiger partial charge in [-0.05, 0) is 24.2 Å². The molecule has 1 aliphatic heterocycles. The monoisotopic (exact) mass is 343 g/mol. The summed E-state index contributed by atoms with van der Waals surface area (Å²) in [5, 5.41) is 18.7. The van der Waals surface area contributed by atoms with E-state index in [9.17, 15) is 5.11 Å². The maximum atomic E-state index is 10.5. The van der Waals surface area contributed by atoms with Crippen LogP contribution in [0.1, 0.15) is 24.3 Å². The van der Waals surface area contributed by atoms with Gasteiger partial charge in [-0.3, -0.25) is 4.57 Å². The second kappa shape index (κ2) is 6.60. The molecule has 3 rings (SSSR count). The van der Waals surface area contributed by atoms with Crippen LogP contribution in [0.5, 0.6) is 5.88 Å². The Balaban J connectivity index is 1.98. The summed E-state index contributed by atoms with van der Waals surface area (Å²) < 4.78 is 2.46. The molecule has 0 saturated heterocycles. The third-order valence-corrected chi connectivity index (χ3v) is 4.79. The highest BCUT2D eigenvalue weighted by atomic mass is 32.1. The topological polar surface area (TPSA) is 49.9 Å². The molecule has 4 nitrogen and oxygen atoms in total. The zero-order chi connectivity index (χ0) is 16.4. The predicted octanol–water partition coefficient (Wildman–Crippen LogP) is 4.51. The molecule has 2 aromatic rings. The Bertz CT molecular complexity index is 858. The lowest BCUT2D eigenvalue weighted by Crippen LogP contribution is -2.04. The van der Waals surface area contributed by atoms with Crippen LogP contribution >= 0.6 is 23.6 Å². The Morgan fingerprint density at radius 2 is 2.04 bits per heavy atom. The van der Waals surface area contributed by atoms with Gasteiger partial charge in [0.15, 0.2) is 3.95 Å². The van der Waals surface area contributed by atoms with Crippen LogP contribution in [0.4, 0.5) is 0 Å². The molecule has 23 heavy (non-hydrogen) atoms. The predicted molar refractivity (Wildman–Crippen MR) is 99.1 cm³/mol. The van der Waals surface area contributed by atoms with Gasteiger partial charge in [0.2, 0.25) is 5.88 Å². The molecule has 0 amide bonds. The minimum atomic E-state index is 0.217. The molecule has 0 bridgehead atoms. The molecule has 0 aliphatic carbocycles. The van der Waals surface area contributed by atoms with Crippen molar-refractivity contribution in [3.63, 3.8) is 0 Å². The van der Waals surface area contributed by atoms with Crippen molar-refractivity contribution in [1.82, 2.24) is 4.57 Å². The largest absolute Gasteiger partial charge is 0.493 e. The van der Waals surface area contributed by atoms with E-state index in [1.54, 1.807) is 10.8 Å². The molecule has 0 spiro atoms. The molecule has 0 atom stereocenters. The zero-order valence-electron chi connectivity index (χ0n) is 12.9. The number of hydrogen-bond donors (Lipinski definition) is 1. The Morgan fingerprint density at radius 3 is 2.74 bits per heavy atom. The molecule has 0 fully saturated rings. The second-order valence-electron chi connectivity index (χ2n) is 5.72. The number of thiazole rings is 1. The SMILES string of the molecule is CC(C)Cn1c(O)c(/C=C2\C=NN=C2c2ccccc2)sc1=S. The van der Waals surface area contributed by atoms with Gasteiger partial charge in [0, 0.05) is 17.7 Å². The summed E-state index contributed by atoms with van der Waals surface area (Å²) in [5.41, 5.74) is 2.68. The Kier molecular flexibility index (Phi) is 4.54. The van der Waals surface area contributed by atoms with Crippen LogP contribution < -0.4 is 0 Å². The lowest BCUT2D eigenvalue weighted by atomic mass is 10.0. The third kappa shape index (κ3) is 3.33. The van der Waals surface area contributed by atoms with E-state index in [4.69, 9.17) is 12.2 Å². The summed E-state index contributed by atoms with van der Waals surface area (Å²) in [6.07, 6.45) is 3.60. The number of allylic oxidation sites excluding steroid dienone is 1. The smallest absolute Gasteiger partial charge is 0.210 e. The van der Waals surface area contributed by atoms with Crippen LogP contribution in [0.3, 0.4) is 0 Å². The average molecular weight is 343 g/mol. The minimum absolute atomic E-state index is 0.217.